The number of hydrogen-bond donors (Lipinski definition) is 1. The first-order valence-corrected chi connectivity index (χ1v) is 11.6. The molecule has 0 radical (unpaired) electrons. The first-order valence-electron chi connectivity index (χ1n) is 11.6. The molecule has 0 fully saturated rings. The summed E-state index contributed by atoms with van der Waals surface area (Å²) in [6.45, 7) is 11.4. The van der Waals surface area contributed by atoms with Crippen LogP contribution in [0.2, 0.25) is 0 Å². The minimum atomic E-state index is -0.195. The monoisotopic (exact) mass is 439 g/mol. The average molecular weight is 440 g/mol. The van der Waals surface area contributed by atoms with Gasteiger partial charge in [0, 0.05) is 25.2 Å². The standard InChI is InChI=1S/C29H33N3O/c1-21(23-13-15-27(16-14-23)29(2,3)4)30-31-28(33)25-11-9-22(10-12-25)19-32-18-17-24-7-5-6-8-26(24)20-32/h5-16H,17-20H2,1-4H3,(H,31,33)/b30-21-. The van der Waals surface area contributed by atoms with Gasteiger partial charge in [-0.15, -0.1) is 0 Å². The lowest BCUT2D eigenvalue weighted by molar-refractivity contribution is 0.0955. The average Bonchev–Trinajstić information content (AvgIpc) is 2.82. The molecule has 0 unspecified atom stereocenters. The van der Waals surface area contributed by atoms with Crippen LogP contribution in [0.5, 0.6) is 0 Å². The fraction of sp³-hybridized carbons (Fsp3) is 0.310. The molecule has 0 aromatic heterocycles. The summed E-state index contributed by atoms with van der Waals surface area (Å²) in [6, 6.07) is 24.9. The van der Waals surface area contributed by atoms with E-state index in [0.717, 1.165) is 37.3 Å². The predicted molar refractivity (Wildman–Crippen MR) is 136 cm³/mol. The van der Waals surface area contributed by atoms with Crippen LogP contribution in [-0.4, -0.2) is 23.1 Å². The van der Waals surface area contributed by atoms with Crippen molar-refractivity contribution in [1.29, 1.82) is 0 Å². The number of hydrazone groups is 1. The van der Waals surface area contributed by atoms with Crippen LogP contribution in [0.4, 0.5) is 0 Å². The second-order valence-corrected chi connectivity index (χ2v) is 9.89. The third-order valence-electron chi connectivity index (χ3n) is 6.33. The summed E-state index contributed by atoms with van der Waals surface area (Å²) >= 11 is 0. The third-order valence-corrected chi connectivity index (χ3v) is 6.33. The number of carbonyl (C=O) groups excluding carboxylic acids is 1. The molecule has 0 spiro atoms. The van der Waals surface area contributed by atoms with Crippen LogP contribution in [0.15, 0.2) is 77.9 Å². The van der Waals surface area contributed by atoms with Crippen LogP contribution >= 0.6 is 0 Å². The molecule has 0 saturated carbocycles. The Morgan fingerprint density at radius 1 is 0.909 bits per heavy atom. The molecule has 1 aliphatic heterocycles. The molecule has 0 aliphatic carbocycles. The Morgan fingerprint density at radius 3 is 2.21 bits per heavy atom. The van der Waals surface area contributed by atoms with Gasteiger partial charge in [-0.05, 0) is 58.7 Å². The Hall–Kier alpha value is -3.24. The molecule has 1 heterocycles. The second kappa shape index (κ2) is 9.72. The summed E-state index contributed by atoms with van der Waals surface area (Å²) < 4.78 is 0. The first-order chi connectivity index (χ1) is 15.8. The fourth-order valence-electron chi connectivity index (χ4n) is 4.18. The van der Waals surface area contributed by atoms with E-state index in [1.165, 1.54) is 22.3 Å². The summed E-state index contributed by atoms with van der Waals surface area (Å²) in [6.07, 6.45) is 1.09. The summed E-state index contributed by atoms with van der Waals surface area (Å²) in [5, 5.41) is 4.31. The van der Waals surface area contributed by atoms with Gasteiger partial charge in [-0.25, -0.2) is 5.43 Å². The lowest BCUT2D eigenvalue weighted by Gasteiger charge is -2.28. The molecule has 1 amide bonds. The number of rotatable bonds is 5. The molecule has 1 N–H and O–H groups in total. The van der Waals surface area contributed by atoms with Gasteiger partial charge in [-0.3, -0.25) is 9.69 Å². The van der Waals surface area contributed by atoms with Gasteiger partial charge in [0.05, 0.1) is 5.71 Å². The van der Waals surface area contributed by atoms with Crippen LogP contribution in [0.3, 0.4) is 0 Å². The molecule has 4 rings (SSSR count). The van der Waals surface area contributed by atoms with E-state index in [-0.39, 0.29) is 11.3 Å². The molecule has 4 nitrogen and oxygen atoms in total. The number of carbonyl (C=O) groups is 1. The maximum absolute atomic E-state index is 12.6. The van der Waals surface area contributed by atoms with Gasteiger partial charge < -0.3 is 0 Å². The number of nitrogens with one attached hydrogen (secondary N) is 1. The molecule has 1 aliphatic rings. The lowest BCUT2D eigenvalue weighted by atomic mass is 9.86. The van der Waals surface area contributed by atoms with Gasteiger partial charge in [0.15, 0.2) is 0 Å². The van der Waals surface area contributed by atoms with E-state index in [0.29, 0.717) is 5.56 Å². The third kappa shape index (κ3) is 5.77. The van der Waals surface area contributed by atoms with Crippen molar-refractivity contribution in [1.82, 2.24) is 10.3 Å². The highest BCUT2D eigenvalue weighted by Gasteiger charge is 2.16. The minimum absolute atomic E-state index is 0.114. The van der Waals surface area contributed by atoms with Crippen LogP contribution < -0.4 is 5.43 Å². The van der Waals surface area contributed by atoms with Crippen LogP contribution in [0.25, 0.3) is 0 Å². The maximum atomic E-state index is 12.6. The number of benzene rings is 3. The predicted octanol–water partition coefficient (Wildman–Crippen LogP) is 5.70. The van der Waals surface area contributed by atoms with Crippen molar-refractivity contribution >= 4 is 11.6 Å². The van der Waals surface area contributed by atoms with Crippen LogP contribution in [0, 0.1) is 0 Å². The summed E-state index contributed by atoms with van der Waals surface area (Å²) in [5.74, 6) is -0.195. The summed E-state index contributed by atoms with van der Waals surface area (Å²) in [7, 11) is 0. The second-order valence-electron chi connectivity index (χ2n) is 9.89. The van der Waals surface area contributed by atoms with Gasteiger partial charge in [0.2, 0.25) is 0 Å². The van der Waals surface area contributed by atoms with E-state index in [2.05, 4.69) is 84.7 Å². The smallest absolute Gasteiger partial charge is 0.271 e. The van der Waals surface area contributed by atoms with E-state index in [9.17, 15) is 4.79 Å². The van der Waals surface area contributed by atoms with Crippen molar-refractivity contribution < 1.29 is 4.79 Å². The number of amides is 1. The van der Waals surface area contributed by atoms with Crippen molar-refractivity contribution in [3.63, 3.8) is 0 Å². The zero-order valence-corrected chi connectivity index (χ0v) is 20.1. The zero-order chi connectivity index (χ0) is 23.4. The van der Waals surface area contributed by atoms with Gasteiger partial charge in [0.25, 0.3) is 5.91 Å². The van der Waals surface area contributed by atoms with Crippen molar-refractivity contribution in [2.45, 2.75) is 52.6 Å². The molecule has 3 aromatic rings. The summed E-state index contributed by atoms with van der Waals surface area (Å²) in [5.41, 5.74) is 10.6. The maximum Gasteiger partial charge on any atom is 0.271 e. The molecular weight excluding hydrogens is 406 g/mol. The fourth-order valence-corrected chi connectivity index (χ4v) is 4.18. The van der Waals surface area contributed by atoms with E-state index in [1.54, 1.807) is 0 Å². The Balaban J connectivity index is 1.33. The number of nitrogens with zero attached hydrogens (tertiary/aromatic N) is 2. The zero-order valence-electron chi connectivity index (χ0n) is 20.1. The van der Waals surface area contributed by atoms with Gasteiger partial charge in [-0.2, -0.15) is 5.10 Å². The van der Waals surface area contributed by atoms with Crippen LogP contribution in [-0.2, 0) is 24.9 Å². The van der Waals surface area contributed by atoms with E-state index < -0.39 is 0 Å². The van der Waals surface area contributed by atoms with Gasteiger partial charge in [0.1, 0.15) is 0 Å². The molecule has 0 atom stereocenters. The first kappa shape index (κ1) is 22.9. The van der Waals surface area contributed by atoms with Crippen molar-refractivity contribution in [2.24, 2.45) is 5.10 Å². The highest BCUT2D eigenvalue weighted by atomic mass is 16.2. The molecular formula is C29H33N3O. The van der Waals surface area contributed by atoms with Crippen molar-refractivity contribution in [3.8, 4) is 0 Å². The van der Waals surface area contributed by atoms with Crippen molar-refractivity contribution in [2.75, 3.05) is 6.54 Å². The number of hydrogen-bond acceptors (Lipinski definition) is 3. The largest absolute Gasteiger partial charge is 0.294 e. The lowest BCUT2D eigenvalue weighted by Crippen LogP contribution is -2.30. The Morgan fingerprint density at radius 2 is 1.55 bits per heavy atom. The highest BCUT2D eigenvalue weighted by Crippen LogP contribution is 2.22. The van der Waals surface area contributed by atoms with Gasteiger partial charge in [-0.1, -0.05) is 81.4 Å². The Labute approximate surface area is 197 Å². The number of fused-ring (bicyclic) bond motifs is 1. The highest BCUT2D eigenvalue weighted by molar-refractivity contribution is 6.00. The molecule has 170 valence electrons. The SMILES string of the molecule is C/C(=N/NC(=O)c1ccc(CN2CCc3ccccc3C2)cc1)c1ccc(C(C)(C)C)cc1. The quantitative estimate of drug-likeness (QED) is 0.410. The molecule has 33 heavy (non-hydrogen) atoms. The van der Waals surface area contributed by atoms with Crippen molar-refractivity contribution in [3.05, 3.63) is 106 Å². The molecule has 0 bridgehead atoms. The van der Waals surface area contributed by atoms with Crippen LogP contribution in [0.1, 0.15) is 65.9 Å². The molecule has 3 aromatic carbocycles. The molecule has 4 heteroatoms. The minimum Gasteiger partial charge on any atom is -0.294 e. The normalized spacial score (nSPS) is 14.6. The summed E-state index contributed by atoms with van der Waals surface area (Å²) in [4.78, 5) is 15.0. The van der Waals surface area contributed by atoms with Gasteiger partial charge >= 0.3 is 0 Å². The Kier molecular flexibility index (Phi) is 6.75. The van der Waals surface area contributed by atoms with E-state index in [4.69, 9.17) is 0 Å². The molecule has 0 saturated heterocycles. The topological polar surface area (TPSA) is 44.7 Å². The Bertz CT molecular complexity index is 1140. The van der Waals surface area contributed by atoms with E-state index in [1.807, 2.05) is 31.2 Å². The van der Waals surface area contributed by atoms with E-state index >= 15 is 0 Å².